The lowest BCUT2D eigenvalue weighted by atomic mass is 10.2. The number of hydrogen-bond donors (Lipinski definition) is 0. The summed E-state index contributed by atoms with van der Waals surface area (Å²) in [5.41, 5.74) is 3.98. The van der Waals surface area contributed by atoms with Crippen LogP contribution >= 0.6 is 0 Å². The minimum absolute atomic E-state index is 0.500. The van der Waals surface area contributed by atoms with Gasteiger partial charge in [0, 0.05) is 18.3 Å². The number of ether oxygens (including phenoxy) is 1. The van der Waals surface area contributed by atoms with E-state index in [9.17, 15) is 0 Å². The van der Waals surface area contributed by atoms with Gasteiger partial charge in [0.25, 0.3) is 0 Å². The molecule has 0 aliphatic heterocycles. The van der Waals surface area contributed by atoms with Gasteiger partial charge >= 0.3 is 0 Å². The van der Waals surface area contributed by atoms with Crippen LogP contribution in [0.1, 0.15) is 25.2 Å². The molecule has 3 aromatic rings. The monoisotopic (exact) mass is 321 g/mol. The third-order valence-electron chi connectivity index (χ3n) is 3.70. The van der Waals surface area contributed by atoms with Crippen molar-refractivity contribution < 1.29 is 4.74 Å². The van der Waals surface area contributed by atoms with E-state index in [1.165, 1.54) is 0 Å². The molecule has 24 heavy (non-hydrogen) atoms. The molecular weight excluding hydrogens is 302 g/mol. The topological polar surface area (TPSA) is 73.7 Å². The Labute approximate surface area is 141 Å². The van der Waals surface area contributed by atoms with Gasteiger partial charge in [0.05, 0.1) is 29.9 Å². The summed E-state index contributed by atoms with van der Waals surface area (Å²) in [6, 6.07) is 9.36. The number of nitrogens with zero attached hydrogens (tertiary/aromatic N) is 5. The van der Waals surface area contributed by atoms with Crippen molar-refractivity contribution in [3.8, 4) is 28.7 Å². The number of aryl methyl sites for hydroxylation is 2. The van der Waals surface area contributed by atoms with Crippen LogP contribution in [0.25, 0.3) is 22.9 Å². The normalized spacial score (nSPS) is 10.6. The fraction of sp³-hybridized carbons (Fsp3) is 0.278. The summed E-state index contributed by atoms with van der Waals surface area (Å²) < 4.78 is 5.40. The molecule has 0 unspecified atom stereocenters. The molecule has 0 N–H and O–H groups in total. The third kappa shape index (κ3) is 3.22. The number of hydrogen-bond acceptors (Lipinski definition) is 6. The van der Waals surface area contributed by atoms with Crippen LogP contribution in [0.5, 0.6) is 5.75 Å². The van der Waals surface area contributed by atoms with Crippen molar-refractivity contribution in [1.29, 1.82) is 0 Å². The molecule has 3 aromatic heterocycles. The molecule has 0 bridgehead atoms. The molecule has 6 heteroatoms. The smallest absolute Gasteiger partial charge is 0.200 e. The predicted octanol–water partition coefficient (Wildman–Crippen LogP) is 3.13. The van der Waals surface area contributed by atoms with Crippen LogP contribution < -0.4 is 4.74 Å². The number of pyridine rings is 2. The third-order valence-corrected chi connectivity index (χ3v) is 3.70. The maximum atomic E-state index is 5.40. The summed E-state index contributed by atoms with van der Waals surface area (Å²) in [6.07, 6.45) is 3.36. The van der Waals surface area contributed by atoms with Gasteiger partial charge in [-0.15, -0.1) is 5.10 Å². The van der Waals surface area contributed by atoms with Gasteiger partial charge in [-0.2, -0.15) is 5.10 Å². The fourth-order valence-corrected chi connectivity index (χ4v) is 2.43. The average molecular weight is 321 g/mol. The van der Waals surface area contributed by atoms with Crippen LogP contribution in [0.2, 0.25) is 0 Å². The Kier molecular flexibility index (Phi) is 4.74. The summed E-state index contributed by atoms with van der Waals surface area (Å²) in [5.74, 6) is 1.18. The summed E-state index contributed by atoms with van der Waals surface area (Å²) in [5, 5.41) is 8.53. The van der Waals surface area contributed by atoms with E-state index in [2.05, 4.69) is 32.1 Å². The van der Waals surface area contributed by atoms with Gasteiger partial charge in [0.1, 0.15) is 11.4 Å². The zero-order chi connectivity index (χ0) is 16.9. The first-order valence-corrected chi connectivity index (χ1v) is 7.95. The highest BCUT2D eigenvalue weighted by atomic mass is 16.5. The second-order valence-corrected chi connectivity index (χ2v) is 5.23. The maximum Gasteiger partial charge on any atom is 0.200 e. The highest BCUT2D eigenvalue weighted by molar-refractivity contribution is 5.62. The molecule has 0 aliphatic rings. The summed E-state index contributed by atoms with van der Waals surface area (Å²) in [6.45, 7) is 4.11. The predicted molar refractivity (Wildman–Crippen MR) is 91.6 cm³/mol. The molecule has 0 aliphatic carbocycles. The molecule has 0 atom stereocenters. The Hall–Kier alpha value is -2.89. The quantitative estimate of drug-likeness (QED) is 0.719. The molecule has 0 spiro atoms. The van der Waals surface area contributed by atoms with E-state index < -0.39 is 0 Å². The standard InChI is InChI=1S/C18H19N5O/c1-4-13-14(5-2)22-23-18(21-13)17-11-12(24-3)10-16(20-17)15-8-6-7-9-19-15/h6-11H,4-5H2,1-3H3. The summed E-state index contributed by atoms with van der Waals surface area (Å²) >= 11 is 0. The van der Waals surface area contributed by atoms with Crippen molar-refractivity contribution in [2.24, 2.45) is 0 Å². The first-order chi connectivity index (χ1) is 11.7. The van der Waals surface area contributed by atoms with Gasteiger partial charge in [0.15, 0.2) is 0 Å². The van der Waals surface area contributed by atoms with Crippen molar-refractivity contribution >= 4 is 0 Å². The van der Waals surface area contributed by atoms with Gasteiger partial charge in [-0.25, -0.2) is 9.97 Å². The van der Waals surface area contributed by atoms with E-state index in [0.29, 0.717) is 23.0 Å². The van der Waals surface area contributed by atoms with Gasteiger partial charge in [-0.05, 0) is 25.0 Å². The van der Waals surface area contributed by atoms with Gasteiger partial charge in [-0.1, -0.05) is 19.9 Å². The van der Waals surface area contributed by atoms with Crippen LogP contribution in [0.4, 0.5) is 0 Å². The molecule has 0 saturated heterocycles. The Morgan fingerprint density at radius 2 is 1.67 bits per heavy atom. The number of rotatable bonds is 5. The van der Waals surface area contributed by atoms with Crippen LogP contribution in [0.15, 0.2) is 36.5 Å². The minimum Gasteiger partial charge on any atom is -0.497 e. The highest BCUT2D eigenvalue weighted by Gasteiger charge is 2.13. The molecule has 0 fully saturated rings. The second-order valence-electron chi connectivity index (χ2n) is 5.23. The molecule has 0 amide bonds. The van der Waals surface area contributed by atoms with Crippen LogP contribution in [-0.2, 0) is 12.8 Å². The lowest BCUT2D eigenvalue weighted by Gasteiger charge is -2.09. The first-order valence-electron chi connectivity index (χ1n) is 7.95. The Balaban J connectivity index is 2.11. The first kappa shape index (κ1) is 16.0. The molecule has 3 rings (SSSR count). The van der Waals surface area contributed by atoms with Crippen LogP contribution in [0, 0.1) is 0 Å². The Bertz CT molecular complexity index is 836. The van der Waals surface area contributed by atoms with E-state index in [4.69, 9.17) is 4.74 Å². The molecule has 0 saturated carbocycles. The summed E-state index contributed by atoms with van der Waals surface area (Å²) in [7, 11) is 1.62. The maximum absolute atomic E-state index is 5.40. The van der Waals surface area contributed by atoms with E-state index in [0.717, 1.165) is 29.9 Å². The summed E-state index contributed by atoms with van der Waals surface area (Å²) in [4.78, 5) is 13.6. The molecule has 6 nitrogen and oxygen atoms in total. The highest BCUT2D eigenvalue weighted by Crippen LogP contribution is 2.25. The van der Waals surface area contributed by atoms with Crippen molar-refractivity contribution in [2.45, 2.75) is 26.7 Å². The van der Waals surface area contributed by atoms with Gasteiger partial charge in [-0.3, -0.25) is 4.98 Å². The molecule has 122 valence electrons. The molecular formula is C18H19N5O. The second kappa shape index (κ2) is 7.12. The fourth-order valence-electron chi connectivity index (χ4n) is 2.43. The largest absolute Gasteiger partial charge is 0.497 e. The van der Waals surface area contributed by atoms with E-state index in [1.54, 1.807) is 13.3 Å². The molecule has 0 aromatic carbocycles. The van der Waals surface area contributed by atoms with Crippen molar-refractivity contribution in [3.05, 3.63) is 47.9 Å². The van der Waals surface area contributed by atoms with Crippen molar-refractivity contribution in [3.63, 3.8) is 0 Å². The SMILES string of the molecule is CCc1nnc(-c2cc(OC)cc(-c3ccccn3)n2)nc1CC. The van der Waals surface area contributed by atoms with E-state index in [1.807, 2.05) is 37.3 Å². The van der Waals surface area contributed by atoms with E-state index in [-0.39, 0.29) is 0 Å². The Morgan fingerprint density at radius 1 is 0.875 bits per heavy atom. The molecule has 0 radical (unpaired) electrons. The number of methoxy groups -OCH3 is 1. The minimum atomic E-state index is 0.500. The lowest BCUT2D eigenvalue weighted by molar-refractivity contribution is 0.414. The van der Waals surface area contributed by atoms with Crippen LogP contribution in [0.3, 0.4) is 0 Å². The number of aromatic nitrogens is 5. The van der Waals surface area contributed by atoms with Crippen molar-refractivity contribution in [2.75, 3.05) is 7.11 Å². The van der Waals surface area contributed by atoms with E-state index >= 15 is 0 Å². The van der Waals surface area contributed by atoms with Crippen LogP contribution in [-0.4, -0.2) is 32.3 Å². The van der Waals surface area contributed by atoms with Gasteiger partial charge in [0.2, 0.25) is 5.82 Å². The average Bonchev–Trinajstić information content (AvgIpc) is 2.67. The van der Waals surface area contributed by atoms with Crippen molar-refractivity contribution in [1.82, 2.24) is 25.1 Å². The zero-order valence-electron chi connectivity index (χ0n) is 14.0. The molecule has 3 heterocycles. The lowest BCUT2D eigenvalue weighted by Crippen LogP contribution is -2.05. The Morgan fingerprint density at radius 3 is 2.33 bits per heavy atom. The van der Waals surface area contributed by atoms with Gasteiger partial charge < -0.3 is 4.74 Å². The zero-order valence-corrected chi connectivity index (χ0v) is 14.0.